The number of ether oxygens (including phenoxy) is 2. The van der Waals surface area contributed by atoms with Crippen LogP contribution < -0.4 is 0 Å². The molecule has 1 aromatic rings. The molecule has 2 heterocycles. The summed E-state index contributed by atoms with van der Waals surface area (Å²) < 4.78 is 11.5. The van der Waals surface area contributed by atoms with Gasteiger partial charge in [-0.2, -0.15) is 0 Å². The van der Waals surface area contributed by atoms with Gasteiger partial charge in [0.25, 0.3) is 5.91 Å². The Labute approximate surface area is 126 Å². The van der Waals surface area contributed by atoms with Crippen molar-refractivity contribution in [3.8, 4) is 0 Å². The fourth-order valence-electron chi connectivity index (χ4n) is 3.42. The predicted molar refractivity (Wildman–Crippen MR) is 80.2 cm³/mol. The second-order valence-corrected chi connectivity index (χ2v) is 5.91. The average Bonchev–Trinajstić information content (AvgIpc) is 2.90. The van der Waals surface area contributed by atoms with Crippen LogP contribution in [0.2, 0.25) is 0 Å². The molecule has 2 aliphatic rings. The van der Waals surface area contributed by atoms with Crippen molar-refractivity contribution in [2.45, 2.75) is 25.4 Å². The Morgan fingerprint density at radius 1 is 1.38 bits per heavy atom. The monoisotopic (exact) mass is 289 g/mol. The van der Waals surface area contributed by atoms with Crippen molar-refractivity contribution < 1.29 is 14.3 Å². The quantitative estimate of drug-likeness (QED) is 0.781. The largest absolute Gasteiger partial charge is 0.382 e. The smallest absolute Gasteiger partial charge is 0.254 e. The van der Waals surface area contributed by atoms with Crippen LogP contribution in [-0.2, 0) is 9.47 Å². The maximum Gasteiger partial charge on any atom is 0.254 e. The van der Waals surface area contributed by atoms with E-state index in [0.717, 1.165) is 51.3 Å². The highest BCUT2D eigenvalue weighted by Gasteiger charge is 2.54. The van der Waals surface area contributed by atoms with Gasteiger partial charge in [0.1, 0.15) is 5.60 Å². The highest BCUT2D eigenvalue weighted by molar-refractivity contribution is 5.94. The van der Waals surface area contributed by atoms with Gasteiger partial charge in [0.05, 0.1) is 13.1 Å². The second-order valence-electron chi connectivity index (χ2n) is 5.91. The first kappa shape index (κ1) is 14.5. The maximum atomic E-state index is 12.4. The van der Waals surface area contributed by atoms with Gasteiger partial charge in [-0.1, -0.05) is 18.2 Å². The molecule has 0 saturated carbocycles. The zero-order valence-corrected chi connectivity index (χ0v) is 12.6. The number of benzene rings is 1. The molecule has 4 heteroatoms. The van der Waals surface area contributed by atoms with Gasteiger partial charge in [-0.15, -0.1) is 0 Å². The fourth-order valence-corrected chi connectivity index (χ4v) is 3.42. The highest BCUT2D eigenvalue weighted by Crippen LogP contribution is 2.42. The molecule has 2 aliphatic heterocycles. The molecule has 0 unspecified atom stereocenters. The second kappa shape index (κ2) is 6.16. The van der Waals surface area contributed by atoms with Crippen molar-refractivity contribution in [1.29, 1.82) is 0 Å². The van der Waals surface area contributed by atoms with Crippen molar-refractivity contribution >= 4 is 5.91 Å². The van der Waals surface area contributed by atoms with E-state index >= 15 is 0 Å². The number of nitrogens with zero attached hydrogens (tertiary/aromatic N) is 1. The third kappa shape index (κ3) is 2.83. The van der Waals surface area contributed by atoms with Crippen molar-refractivity contribution in [3.63, 3.8) is 0 Å². The van der Waals surface area contributed by atoms with Crippen LogP contribution in [0.15, 0.2) is 30.3 Å². The molecule has 1 aromatic carbocycles. The molecule has 0 aliphatic carbocycles. The van der Waals surface area contributed by atoms with E-state index in [4.69, 9.17) is 9.47 Å². The average molecular weight is 289 g/mol. The minimum absolute atomic E-state index is 0.110. The number of carbonyl (C=O) groups excluding carboxylic acids is 1. The Morgan fingerprint density at radius 3 is 2.86 bits per heavy atom. The number of amides is 1. The van der Waals surface area contributed by atoms with Gasteiger partial charge in [-0.3, -0.25) is 4.79 Å². The molecule has 2 fully saturated rings. The summed E-state index contributed by atoms with van der Waals surface area (Å²) in [6.07, 6.45) is 2.11. The Hall–Kier alpha value is -1.39. The molecule has 114 valence electrons. The van der Waals surface area contributed by atoms with E-state index in [1.165, 1.54) is 0 Å². The summed E-state index contributed by atoms with van der Waals surface area (Å²) in [4.78, 5) is 14.3. The molecule has 1 spiro atoms. The summed E-state index contributed by atoms with van der Waals surface area (Å²) in [5.41, 5.74) is 0.651. The minimum atomic E-state index is -0.110. The SMILES string of the molecule is CCOCC[C@H]1CCOC12CN(C(=O)c1ccccc1)C2. The number of likely N-dealkylation sites (tertiary alicyclic amines) is 1. The van der Waals surface area contributed by atoms with Crippen molar-refractivity contribution in [3.05, 3.63) is 35.9 Å². The molecule has 2 saturated heterocycles. The number of hydrogen-bond donors (Lipinski definition) is 0. The normalized spacial score (nSPS) is 23.3. The molecule has 1 atom stereocenters. The van der Waals surface area contributed by atoms with Crippen LogP contribution in [0.1, 0.15) is 30.1 Å². The third-order valence-corrected chi connectivity index (χ3v) is 4.64. The molecule has 0 radical (unpaired) electrons. The van der Waals surface area contributed by atoms with Gasteiger partial charge in [-0.05, 0) is 37.8 Å². The van der Waals surface area contributed by atoms with Crippen molar-refractivity contribution in [2.75, 3.05) is 32.9 Å². The van der Waals surface area contributed by atoms with Crippen LogP contribution in [0.4, 0.5) is 0 Å². The molecule has 0 N–H and O–H groups in total. The van der Waals surface area contributed by atoms with Crippen LogP contribution in [-0.4, -0.2) is 49.3 Å². The molecular formula is C17H23NO3. The molecule has 0 aromatic heterocycles. The van der Waals surface area contributed by atoms with E-state index in [-0.39, 0.29) is 11.5 Å². The lowest BCUT2D eigenvalue weighted by molar-refractivity contribution is -0.120. The van der Waals surface area contributed by atoms with Gasteiger partial charge < -0.3 is 14.4 Å². The van der Waals surface area contributed by atoms with E-state index < -0.39 is 0 Å². The van der Waals surface area contributed by atoms with Crippen LogP contribution in [0.3, 0.4) is 0 Å². The van der Waals surface area contributed by atoms with E-state index in [1.54, 1.807) is 0 Å². The first-order chi connectivity index (χ1) is 10.2. The van der Waals surface area contributed by atoms with Gasteiger partial charge in [0.2, 0.25) is 0 Å². The molecular weight excluding hydrogens is 266 g/mol. The van der Waals surface area contributed by atoms with E-state index in [1.807, 2.05) is 42.2 Å². The Bertz CT molecular complexity index is 482. The topological polar surface area (TPSA) is 38.8 Å². The lowest BCUT2D eigenvalue weighted by Gasteiger charge is -2.50. The summed E-state index contributed by atoms with van der Waals surface area (Å²) >= 11 is 0. The lowest BCUT2D eigenvalue weighted by Crippen LogP contribution is -2.66. The van der Waals surface area contributed by atoms with E-state index in [2.05, 4.69) is 0 Å². The van der Waals surface area contributed by atoms with Gasteiger partial charge in [0, 0.05) is 25.4 Å². The number of carbonyl (C=O) groups is 1. The first-order valence-electron chi connectivity index (χ1n) is 7.81. The number of hydrogen-bond acceptors (Lipinski definition) is 3. The van der Waals surface area contributed by atoms with Crippen LogP contribution in [0.5, 0.6) is 0 Å². The molecule has 21 heavy (non-hydrogen) atoms. The van der Waals surface area contributed by atoms with E-state index in [9.17, 15) is 4.79 Å². The summed E-state index contributed by atoms with van der Waals surface area (Å²) in [5.74, 6) is 0.629. The fraction of sp³-hybridized carbons (Fsp3) is 0.588. The van der Waals surface area contributed by atoms with Gasteiger partial charge >= 0.3 is 0 Å². The molecule has 4 nitrogen and oxygen atoms in total. The zero-order valence-electron chi connectivity index (χ0n) is 12.6. The maximum absolute atomic E-state index is 12.4. The summed E-state index contributed by atoms with van der Waals surface area (Å²) in [5, 5.41) is 0. The van der Waals surface area contributed by atoms with Crippen molar-refractivity contribution in [1.82, 2.24) is 4.90 Å². The Balaban J connectivity index is 1.57. The lowest BCUT2D eigenvalue weighted by atomic mass is 9.79. The Morgan fingerprint density at radius 2 is 2.14 bits per heavy atom. The minimum Gasteiger partial charge on any atom is -0.382 e. The van der Waals surface area contributed by atoms with Gasteiger partial charge in [0.15, 0.2) is 0 Å². The molecule has 1 amide bonds. The predicted octanol–water partition coefficient (Wildman–Crippen LogP) is 2.34. The molecule has 3 rings (SSSR count). The third-order valence-electron chi connectivity index (χ3n) is 4.64. The molecule has 0 bridgehead atoms. The van der Waals surface area contributed by atoms with Gasteiger partial charge in [-0.25, -0.2) is 0 Å². The zero-order chi connectivity index (χ0) is 14.7. The van der Waals surface area contributed by atoms with E-state index in [0.29, 0.717) is 5.92 Å². The van der Waals surface area contributed by atoms with Crippen LogP contribution >= 0.6 is 0 Å². The van der Waals surface area contributed by atoms with Crippen LogP contribution in [0.25, 0.3) is 0 Å². The summed E-state index contributed by atoms with van der Waals surface area (Å²) in [6.45, 7) is 5.82. The van der Waals surface area contributed by atoms with Crippen LogP contribution in [0, 0.1) is 5.92 Å². The Kier molecular flexibility index (Phi) is 4.27. The summed E-state index contributed by atoms with van der Waals surface area (Å²) in [7, 11) is 0. The van der Waals surface area contributed by atoms with Crippen molar-refractivity contribution in [2.24, 2.45) is 5.92 Å². The summed E-state index contributed by atoms with van der Waals surface area (Å²) in [6, 6.07) is 9.47. The standard InChI is InChI=1S/C17H23NO3/c1-2-20-10-8-15-9-11-21-17(15)12-18(13-17)16(19)14-6-4-3-5-7-14/h3-7,15H,2,8-13H2,1H3/t15-/m0/s1. The first-order valence-corrected chi connectivity index (χ1v) is 7.81. The number of rotatable bonds is 5. The highest BCUT2D eigenvalue weighted by atomic mass is 16.5.